The van der Waals surface area contributed by atoms with Crippen molar-refractivity contribution in [3.05, 3.63) is 29.8 Å². The molecular formula is C14H20N2O2. The van der Waals surface area contributed by atoms with Gasteiger partial charge in [-0.25, -0.2) is 0 Å². The highest BCUT2D eigenvalue weighted by molar-refractivity contribution is 5.67. The van der Waals surface area contributed by atoms with Crippen LogP contribution in [-0.4, -0.2) is 48.7 Å². The number of anilines is 1. The van der Waals surface area contributed by atoms with Crippen LogP contribution in [0, 0.1) is 6.92 Å². The number of aryl methyl sites for hydroxylation is 1. The minimum Gasteiger partial charge on any atom is -0.481 e. The third kappa shape index (κ3) is 3.01. The molecule has 98 valence electrons. The number of piperazine rings is 1. The first-order valence-corrected chi connectivity index (χ1v) is 6.30. The van der Waals surface area contributed by atoms with E-state index in [-0.39, 0.29) is 12.5 Å². The smallest absolute Gasteiger partial charge is 0.305 e. The SMILES string of the molecule is Cc1cccc(N2CCN(C)C(CC(=O)O)C2)c1. The minimum atomic E-state index is -0.724. The second-order valence-electron chi connectivity index (χ2n) is 5.02. The van der Waals surface area contributed by atoms with Gasteiger partial charge >= 0.3 is 5.97 Å². The summed E-state index contributed by atoms with van der Waals surface area (Å²) in [6.07, 6.45) is 0.207. The summed E-state index contributed by atoms with van der Waals surface area (Å²) in [5.41, 5.74) is 2.43. The van der Waals surface area contributed by atoms with Crippen LogP contribution in [0.25, 0.3) is 0 Å². The van der Waals surface area contributed by atoms with Crippen molar-refractivity contribution in [2.45, 2.75) is 19.4 Å². The van der Waals surface area contributed by atoms with E-state index in [1.807, 2.05) is 7.05 Å². The summed E-state index contributed by atoms with van der Waals surface area (Å²) in [6, 6.07) is 8.47. The van der Waals surface area contributed by atoms with Crippen molar-refractivity contribution in [3.63, 3.8) is 0 Å². The second kappa shape index (κ2) is 5.40. The molecule has 1 aromatic carbocycles. The van der Waals surface area contributed by atoms with Gasteiger partial charge in [-0.1, -0.05) is 12.1 Å². The van der Waals surface area contributed by atoms with Crippen LogP contribution in [0.2, 0.25) is 0 Å². The van der Waals surface area contributed by atoms with Gasteiger partial charge in [-0.2, -0.15) is 0 Å². The van der Waals surface area contributed by atoms with E-state index in [0.717, 1.165) is 19.6 Å². The van der Waals surface area contributed by atoms with E-state index in [9.17, 15) is 4.79 Å². The van der Waals surface area contributed by atoms with Crippen molar-refractivity contribution in [1.82, 2.24) is 4.90 Å². The minimum absolute atomic E-state index is 0.0942. The number of rotatable bonds is 3. The molecule has 1 aliphatic rings. The summed E-state index contributed by atoms with van der Waals surface area (Å²) in [5, 5.41) is 8.94. The molecule has 0 bridgehead atoms. The topological polar surface area (TPSA) is 43.8 Å². The van der Waals surface area contributed by atoms with E-state index in [4.69, 9.17) is 5.11 Å². The summed E-state index contributed by atoms with van der Waals surface area (Å²) in [4.78, 5) is 15.3. The van der Waals surface area contributed by atoms with E-state index in [0.29, 0.717) is 0 Å². The lowest BCUT2D eigenvalue weighted by Gasteiger charge is -2.40. The fourth-order valence-corrected chi connectivity index (χ4v) is 2.43. The average molecular weight is 248 g/mol. The van der Waals surface area contributed by atoms with E-state index in [1.165, 1.54) is 11.3 Å². The van der Waals surface area contributed by atoms with Crippen LogP contribution in [-0.2, 0) is 4.79 Å². The number of aliphatic carboxylic acids is 1. The Labute approximate surface area is 108 Å². The average Bonchev–Trinajstić information content (AvgIpc) is 2.31. The summed E-state index contributed by atoms with van der Waals surface area (Å²) in [5.74, 6) is -0.724. The third-order valence-corrected chi connectivity index (χ3v) is 3.55. The Morgan fingerprint density at radius 1 is 1.44 bits per heavy atom. The van der Waals surface area contributed by atoms with Crippen molar-refractivity contribution >= 4 is 11.7 Å². The first-order valence-electron chi connectivity index (χ1n) is 6.30. The molecule has 0 radical (unpaired) electrons. The highest BCUT2D eigenvalue weighted by atomic mass is 16.4. The normalized spacial score (nSPS) is 21.0. The lowest BCUT2D eigenvalue weighted by atomic mass is 10.1. The van der Waals surface area contributed by atoms with Gasteiger partial charge in [0.05, 0.1) is 6.42 Å². The quantitative estimate of drug-likeness (QED) is 0.882. The number of carboxylic acid groups (broad SMARTS) is 1. The largest absolute Gasteiger partial charge is 0.481 e. The first kappa shape index (κ1) is 12.9. The molecule has 0 saturated carbocycles. The molecule has 1 aromatic rings. The summed E-state index contributed by atoms with van der Waals surface area (Å²) in [7, 11) is 2.00. The van der Waals surface area contributed by atoms with Gasteiger partial charge in [0.25, 0.3) is 0 Å². The maximum atomic E-state index is 10.9. The molecule has 1 heterocycles. The molecule has 1 atom stereocenters. The van der Waals surface area contributed by atoms with E-state index >= 15 is 0 Å². The molecule has 18 heavy (non-hydrogen) atoms. The molecule has 0 amide bonds. The molecule has 1 fully saturated rings. The third-order valence-electron chi connectivity index (χ3n) is 3.55. The molecule has 1 N–H and O–H groups in total. The number of likely N-dealkylation sites (N-methyl/N-ethyl adjacent to an activating group) is 1. The summed E-state index contributed by atoms with van der Waals surface area (Å²) < 4.78 is 0. The lowest BCUT2D eigenvalue weighted by Crippen LogP contribution is -2.52. The Balaban J connectivity index is 2.09. The van der Waals surface area contributed by atoms with Crippen LogP contribution in [0.1, 0.15) is 12.0 Å². The zero-order chi connectivity index (χ0) is 13.1. The van der Waals surface area contributed by atoms with Crippen LogP contribution >= 0.6 is 0 Å². The molecule has 4 nitrogen and oxygen atoms in total. The summed E-state index contributed by atoms with van der Waals surface area (Å²) in [6.45, 7) is 4.72. The van der Waals surface area contributed by atoms with Crippen molar-refractivity contribution < 1.29 is 9.90 Å². The van der Waals surface area contributed by atoms with Gasteiger partial charge in [0.15, 0.2) is 0 Å². The molecule has 0 spiro atoms. The van der Waals surface area contributed by atoms with Crippen molar-refractivity contribution in [2.24, 2.45) is 0 Å². The molecule has 4 heteroatoms. The molecule has 1 aliphatic heterocycles. The van der Waals surface area contributed by atoms with Crippen molar-refractivity contribution in [1.29, 1.82) is 0 Å². The van der Waals surface area contributed by atoms with E-state index in [2.05, 4.69) is 41.0 Å². The van der Waals surface area contributed by atoms with Gasteiger partial charge in [0, 0.05) is 31.4 Å². The maximum Gasteiger partial charge on any atom is 0.305 e. The van der Waals surface area contributed by atoms with Crippen LogP contribution in [0.15, 0.2) is 24.3 Å². The Hall–Kier alpha value is -1.55. The standard InChI is InChI=1S/C14H20N2O2/c1-11-4-3-5-12(8-11)16-7-6-15(2)13(10-16)9-14(17)18/h3-5,8,13H,6-7,9-10H2,1-2H3,(H,17,18). The van der Waals surface area contributed by atoms with E-state index in [1.54, 1.807) is 0 Å². The van der Waals surface area contributed by atoms with Crippen molar-refractivity contribution in [3.8, 4) is 0 Å². The molecule has 2 rings (SSSR count). The first-order chi connectivity index (χ1) is 8.56. The predicted octanol–water partition coefficient (Wildman–Crippen LogP) is 1.59. The van der Waals surface area contributed by atoms with Crippen LogP contribution < -0.4 is 4.90 Å². The fourth-order valence-electron chi connectivity index (χ4n) is 2.43. The Morgan fingerprint density at radius 3 is 2.89 bits per heavy atom. The van der Waals surface area contributed by atoms with Gasteiger partial charge in [-0.05, 0) is 31.7 Å². The Kier molecular flexibility index (Phi) is 3.87. The van der Waals surface area contributed by atoms with Crippen LogP contribution in [0.5, 0.6) is 0 Å². The second-order valence-corrected chi connectivity index (χ2v) is 5.02. The molecule has 0 aliphatic carbocycles. The van der Waals surface area contributed by atoms with Crippen molar-refractivity contribution in [2.75, 3.05) is 31.6 Å². The van der Waals surface area contributed by atoms with Gasteiger partial charge in [0.2, 0.25) is 0 Å². The highest BCUT2D eigenvalue weighted by Crippen LogP contribution is 2.20. The van der Waals surface area contributed by atoms with Gasteiger partial charge in [-0.3, -0.25) is 9.69 Å². The summed E-state index contributed by atoms with van der Waals surface area (Å²) >= 11 is 0. The monoisotopic (exact) mass is 248 g/mol. The van der Waals surface area contributed by atoms with Gasteiger partial charge < -0.3 is 10.0 Å². The number of carbonyl (C=O) groups is 1. The predicted molar refractivity (Wildman–Crippen MR) is 72.1 cm³/mol. The molecule has 1 unspecified atom stereocenters. The Morgan fingerprint density at radius 2 is 2.22 bits per heavy atom. The molecule has 0 aromatic heterocycles. The fraction of sp³-hybridized carbons (Fsp3) is 0.500. The number of benzene rings is 1. The van der Waals surface area contributed by atoms with Gasteiger partial charge in [-0.15, -0.1) is 0 Å². The number of hydrogen-bond donors (Lipinski definition) is 1. The van der Waals surface area contributed by atoms with E-state index < -0.39 is 5.97 Å². The highest BCUT2D eigenvalue weighted by Gasteiger charge is 2.26. The number of hydrogen-bond acceptors (Lipinski definition) is 3. The van der Waals surface area contributed by atoms with Crippen LogP contribution in [0.3, 0.4) is 0 Å². The molecular weight excluding hydrogens is 228 g/mol. The number of carboxylic acids is 1. The Bertz CT molecular complexity index is 434. The van der Waals surface area contributed by atoms with Crippen LogP contribution in [0.4, 0.5) is 5.69 Å². The zero-order valence-corrected chi connectivity index (χ0v) is 11.0. The maximum absolute atomic E-state index is 10.9. The zero-order valence-electron chi connectivity index (χ0n) is 11.0. The van der Waals surface area contributed by atoms with Gasteiger partial charge in [0.1, 0.15) is 0 Å². The number of nitrogens with zero attached hydrogens (tertiary/aromatic N) is 2. The lowest BCUT2D eigenvalue weighted by molar-refractivity contribution is -0.138. The molecule has 1 saturated heterocycles.